The molecule has 144 valence electrons. The number of hydrogen-bond acceptors (Lipinski definition) is 5. The summed E-state index contributed by atoms with van der Waals surface area (Å²) in [6.45, 7) is 0. The number of halogens is 3. The Labute approximate surface area is 161 Å². The normalized spacial score (nSPS) is 10.7. The Kier molecular flexibility index (Phi) is 4.97. The van der Waals surface area contributed by atoms with Crippen LogP contribution in [-0.4, -0.2) is 31.7 Å². The minimum atomic E-state index is -0.984. The molecule has 4 N–H and O–H groups in total. The second-order valence-corrected chi connectivity index (χ2v) is 6.05. The van der Waals surface area contributed by atoms with Gasteiger partial charge in [0, 0.05) is 7.05 Å². The van der Waals surface area contributed by atoms with Gasteiger partial charge in [0.25, 0.3) is 11.8 Å². The van der Waals surface area contributed by atoms with E-state index in [4.69, 9.17) is 17.3 Å². The van der Waals surface area contributed by atoms with Crippen molar-refractivity contribution >= 4 is 29.1 Å². The number of aromatic hydroxyl groups is 1. The lowest BCUT2D eigenvalue weighted by Crippen LogP contribution is -2.16. The molecule has 3 rings (SSSR count). The summed E-state index contributed by atoms with van der Waals surface area (Å²) in [5.74, 6) is -4.66. The van der Waals surface area contributed by atoms with Crippen LogP contribution in [0.4, 0.5) is 14.5 Å². The van der Waals surface area contributed by atoms with Gasteiger partial charge in [-0.1, -0.05) is 17.7 Å². The molecule has 0 aliphatic rings. The highest BCUT2D eigenvalue weighted by Gasteiger charge is 2.22. The zero-order valence-corrected chi connectivity index (χ0v) is 15.0. The Hall–Kier alpha value is -3.53. The molecule has 0 aliphatic carbocycles. The van der Waals surface area contributed by atoms with E-state index in [0.717, 1.165) is 22.9 Å². The highest BCUT2D eigenvalue weighted by Crippen LogP contribution is 2.30. The number of amides is 2. The maximum absolute atomic E-state index is 14.5. The van der Waals surface area contributed by atoms with Gasteiger partial charge in [-0.2, -0.15) is 5.10 Å². The third kappa shape index (κ3) is 3.49. The van der Waals surface area contributed by atoms with Gasteiger partial charge in [-0.25, -0.2) is 18.4 Å². The SMILES string of the molecule is Cn1nc(-c2cc(O)c(C(=O)Nc3c(F)cccc3Cl)cc2F)nc1C(N)=O. The van der Waals surface area contributed by atoms with Crippen molar-refractivity contribution in [2.24, 2.45) is 12.8 Å². The molecule has 2 aromatic carbocycles. The first-order valence-corrected chi connectivity index (χ1v) is 8.06. The number of hydrogen-bond donors (Lipinski definition) is 3. The van der Waals surface area contributed by atoms with Crippen LogP contribution in [0.25, 0.3) is 11.4 Å². The van der Waals surface area contributed by atoms with Gasteiger partial charge >= 0.3 is 0 Å². The molecule has 0 atom stereocenters. The average Bonchev–Trinajstić information content (AvgIpc) is 3.01. The lowest BCUT2D eigenvalue weighted by molar-refractivity contribution is 0.0984. The maximum Gasteiger partial charge on any atom is 0.286 e. The Morgan fingerprint density at radius 2 is 1.96 bits per heavy atom. The molecule has 1 aromatic heterocycles. The molecule has 11 heteroatoms. The van der Waals surface area contributed by atoms with Crippen molar-refractivity contribution in [2.75, 3.05) is 5.32 Å². The number of aryl methyl sites for hydroxylation is 1. The molecule has 2 amide bonds. The van der Waals surface area contributed by atoms with Crippen LogP contribution in [0.3, 0.4) is 0 Å². The summed E-state index contributed by atoms with van der Waals surface area (Å²) >= 11 is 5.83. The number of nitrogens with two attached hydrogens (primary N) is 1. The summed E-state index contributed by atoms with van der Waals surface area (Å²) in [4.78, 5) is 27.4. The Bertz CT molecular complexity index is 1100. The predicted octanol–water partition coefficient (Wildman–Crippen LogP) is 2.47. The molecule has 0 spiro atoms. The van der Waals surface area contributed by atoms with Gasteiger partial charge in [0.1, 0.15) is 17.4 Å². The van der Waals surface area contributed by atoms with Crippen LogP contribution in [-0.2, 0) is 7.05 Å². The van der Waals surface area contributed by atoms with E-state index in [-0.39, 0.29) is 27.9 Å². The minimum Gasteiger partial charge on any atom is -0.507 e. The number of carbonyl (C=O) groups excluding carboxylic acids is 2. The monoisotopic (exact) mass is 407 g/mol. The average molecular weight is 408 g/mol. The van der Waals surface area contributed by atoms with Gasteiger partial charge in [-0.15, -0.1) is 0 Å². The fourth-order valence-corrected chi connectivity index (χ4v) is 2.64. The maximum atomic E-state index is 14.5. The van der Waals surface area contributed by atoms with Crippen LogP contribution in [0.15, 0.2) is 30.3 Å². The van der Waals surface area contributed by atoms with E-state index in [9.17, 15) is 23.5 Å². The fourth-order valence-electron chi connectivity index (χ4n) is 2.43. The number of rotatable bonds is 4. The first-order chi connectivity index (χ1) is 13.2. The van der Waals surface area contributed by atoms with E-state index in [1.54, 1.807) is 0 Å². The minimum absolute atomic E-state index is 0.0680. The van der Waals surface area contributed by atoms with E-state index in [0.29, 0.717) is 0 Å². The molecule has 0 aliphatic heterocycles. The number of aromatic nitrogens is 3. The van der Waals surface area contributed by atoms with Gasteiger partial charge < -0.3 is 16.2 Å². The van der Waals surface area contributed by atoms with Gasteiger partial charge in [0.2, 0.25) is 5.82 Å². The largest absolute Gasteiger partial charge is 0.507 e. The van der Waals surface area contributed by atoms with E-state index in [2.05, 4.69) is 15.4 Å². The number of phenols is 1. The van der Waals surface area contributed by atoms with E-state index >= 15 is 0 Å². The van der Waals surface area contributed by atoms with Crippen LogP contribution in [0, 0.1) is 11.6 Å². The van der Waals surface area contributed by atoms with Gasteiger partial charge in [0.15, 0.2) is 5.82 Å². The molecule has 0 unspecified atom stereocenters. The Morgan fingerprint density at radius 3 is 2.57 bits per heavy atom. The second kappa shape index (κ2) is 7.24. The quantitative estimate of drug-likeness (QED) is 0.613. The fraction of sp³-hybridized carbons (Fsp3) is 0.0588. The zero-order chi connectivity index (χ0) is 20.6. The number of benzene rings is 2. The van der Waals surface area contributed by atoms with Gasteiger partial charge in [-0.05, 0) is 24.3 Å². The molecule has 1 heterocycles. The van der Waals surface area contributed by atoms with Crippen molar-refractivity contribution in [2.45, 2.75) is 0 Å². The van der Waals surface area contributed by atoms with Gasteiger partial charge in [0.05, 0.1) is 21.8 Å². The molecule has 0 fully saturated rings. The van der Waals surface area contributed by atoms with Crippen molar-refractivity contribution in [3.8, 4) is 17.1 Å². The van der Waals surface area contributed by atoms with E-state index in [1.165, 1.54) is 19.2 Å². The van der Waals surface area contributed by atoms with Crippen molar-refractivity contribution < 1.29 is 23.5 Å². The molecule has 3 aromatic rings. The second-order valence-electron chi connectivity index (χ2n) is 5.65. The molecule has 0 saturated carbocycles. The van der Waals surface area contributed by atoms with Crippen molar-refractivity contribution in [3.63, 3.8) is 0 Å². The van der Waals surface area contributed by atoms with Crippen LogP contribution in [0.5, 0.6) is 5.75 Å². The lowest BCUT2D eigenvalue weighted by atomic mass is 10.1. The van der Waals surface area contributed by atoms with Crippen molar-refractivity contribution in [3.05, 3.63) is 58.4 Å². The number of nitrogens with one attached hydrogen (secondary N) is 1. The van der Waals surface area contributed by atoms with Crippen molar-refractivity contribution in [1.29, 1.82) is 0 Å². The molecule has 0 radical (unpaired) electrons. The number of carbonyl (C=O) groups is 2. The Balaban J connectivity index is 1.97. The highest BCUT2D eigenvalue weighted by atomic mass is 35.5. The number of primary amides is 1. The molecular weight excluding hydrogens is 396 g/mol. The summed E-state index contributed by atoms with van der Waals surface area (Å²) in [6.07, 6.45) is 0. The number of para-hydroxylation sites is 1. The first kappa shape index (κ1) is 19.2. The predicted molar refractivity (Wildman–Crippen MR) is 95.9 cm³/mol. The van der Waals surface area contributed by atoms with Crippen LogP contribution in [0.2, 0.25) is 5.02 Å². The highest BCUT2D eigenvalue weighted by molar-refractivity contribution is 6.34. The summed E-state index contributed by atoms with van der Waals surface area (Å²) in [7, 11) is 1.38. The number of phenolic OH excluding ortho intramolecular Hbond substituents is 1. The summed E-state index contributed by atoms with van der Waals surface area (Å²) < 4.78 is 29.4. The van der Waals surface area contributed by atoms with E-state index in [1.807, 2.05) is 0 Å². The molecule has 0 saturated heterocycles. The summed E-state index contributed by atoms with van der Waals surface area (Å²) in [5.41, 5.74) is 4.10. The molecular formula is C17H12ClF2N5O3. The number of nitrogens with zero attached hydrogens (tertiary/aromatic N) is 3. The first-order valence-electron chi connectivity index (χ1n) is 7.68. The van der Waals surface area contributed by atoms with Crippen LogP contribution >= 0.6 is 11.6 Å². The van der Waals surface area contributed by atoms with Crippen molar-refractivity contribution in [1.82, 2.24) is 14.8 Å². The topological polar surface area (TPSA) is 123 Å². The smallest absolute Gasteiger partial charge is 0.286 e. The van der Waals surface area contributed by atoms with Crippen LogP contribution in [0.1, 0.15) is 21.0 Å². The molecule has 28 heavy (non-hydrogen) atoms. The summed E-state index contributed by atoms with van der Waals surface area (Å²) in [6, 6.07) is 5.42. The summed E-state index contributed by atoms with van der Waals surface area (Å²) in [5, 5.41) is 16.1. The molecule has 8 nitrogen and oxygen atoms in total. The third-order valence-electron chi connectivity index (χ3n) is 3.76. The molecule has 0 bridgehead atoms. The number of anilines is 1. The lowest BCUT2D eigenvalue weighted by Gasteiger charge is -2.10. The zero-order valence-electron chi connectivity index (χ0n) is 14.2. The van der Waals surface area contributed by atoms with E-state index < -0.39 is 34.8 Å². The third-order valence-corrected chi connectivity index (χ3v) is 4.07. The van der Waals surface area contributed by atoms with Gasteiger partial charge in [-0.3, -0.25) is 9.59 Å². The van der Waals surface area contributed by atoms with Crippen LogP contribution < -0.4 is 11.1 Å². The Morgan fingerprint density at radius 1 is 1.25 bits per heavy atom. The standard InChI is InChI=1S/C17H12ClF2N5O3/c1-25-16(14(21)27)23-15(24-25)7-6-12(26)8(5-11(7)20)17(28)22-13-9(18)3-2-4-10(13)19/h2-6,26H,1H3,(H2,21,27)(H,22,28).